The average Bonchev–Trinajstić information content (AvgIpc) is 2.10. The SMILES string of the molecule is CCCCC/C=C/NC(C)C#N. The predicted octanol–water partition coefficient (Wildman–Crippen LogP) is 2.58. The lowest BCUT2D eigenvalue weighted by Gasteiger charge is -1.99. The Bertz CT molecular complexity index is 156. The molecule has 0 aliphatic carbocycles. The highest BCUT2D eigenvalue weighted by Crippen LogP contribution is 1.98. The molecule has 1 N–H and O–H groups in total. The molecule has 0 fully saturated rings. The van der Waals surface area contributed by atoms with Gasteiger partial charge in [0.05, 0.1) is 6.07 Å². The summed E-state index contributed by atoms with van der Waals surface area (Å²) in [5.74, 6) is 0. The number of nitrogens with one attached hydrogen (secondary N) is 1. The van der Waals surface area contributed by atoms with Crippen LogP contribution in [0.15, 0.2) is 12.3 Å². The monoisotopic (exact) mass is 166 g/mol. The van der Waals surface area contributed by atoms with E-state index in [0.717, 1.165) is 6.42 Å². The summed E-state index contributed by atoms with van der Waals surface area (Å²) in [7, 11) is 0. The van der Waals surface area contributed by atoms with E-state index in [2.05, 4.69) is 24.4 Å². The first-order chi connectivity index (χ1) is 5.81. The zero-order valence-corrected chi connectivity index (χ0v) is 8.01. The van der Waals surface area contributed by atoms with Gasteiger partial charge in [0.15, 0.2) is 0 Å². The summed E-state index contributed by atoms with van der Waals surface area (Å²) in [5, 5.41) is 11.4. The summed E-state index contributed by atoms with van der Waals surface area (Å²) in [6.45, 7) is 4.04. The summed E-state index contributed by atoms with van der Waals surface area (Å²) < 4.78 is 0. The van der Waals surface area contributed by atoms with Crippen LogP contribution in [0.25, 0.3) is 0 Å². The van der Waals surface area contributed by atoms with Crippen LogP contribution < -0.4 is 5.32 Å². The van der Waals surface area contributed by atoms with Crippen LogP contribution in [0.4, 0.5) is 0 Å². The minimum Gasteiger partial charge on any atom is -0.376 e. The standard InChI is InChI=1S/C10H18N2/c1-3-4-5-6-7-8-12-10(2)9-11/h7-8,10,12H,3-6H2,1-2H3/b8-7+. The van der Waals surface area contributed by atoms with Gasteiger partial charge in [0.2, 0.25) is 0 Å². The maximum absolute atomic E-state index is 8.43. The predicted molar refractivity (Wildman–Crippen MR) is 51.5 cm³/mol. The van der Waals surface area contributed by atoms with Crippen molar-refractivity contribution in [3.05, 3.63) is 12.3 Å². The minimum absolute atomic E-state index is 0.0765. The van der Waals surface area contributed by atoms with Crippen molar-refractivity contribution in [3.8, 4) is 6.07 Å². The number of nitriles is 1. The Hall–Kier alpha value is -0.970. The van der Waals surface area contributed by atoms with Gasteiger partial charge in [-0.1, -0.05) is 25.8 Å². The highest BCUT2D eigenvalue weighted by atomic mass is 14.9. The third kappa shape index (κ3) is 7.14. The van der Waals surface area contributed by atoms with Crippen LogP contribution in [-0.2, 0) is 0 Å². The van der Waals surface area contributed by atoms with E-state index in [0.29, 0.717) is 0 Å². The van der Waals surface area contributed by atoms with E-state index in [1.54, 1.807) is 0 Å². The van der Waals surface area contributed by atoms with Gasteiger partial charge in [-0.25, -0.2) is 0 Å². The summed E-state index contributed by atoms with van der Waals surface area (Å²) in [5.41, 5.74) is 0. The van der Waals surface area contributed by atoms with E-state index < -0.39 is 0 Å². The third-order valence-corrected chi connectivity index (χ3v) is 1.63. The molecule has 0 saturated carbocycles. The molecule has 0 spiro atoms. The van der Waals surface area contributed by atoms with E-state index in [1.807, 2.05) is 13.1 Å². The van der Waals surface area contributed by atoms with Gasteiger partial charge in [0, 0.05) is 0 Å². The summed E-state index contributed by atoms with van der Waals surface area (Å²) >= 11 is 0. The second-order valence-corrected chi connectivity index (χ2v) is 2.92. The maximum Gasteiger partial charge on any atom is 0.111 e. The fourth-order valence-electron chi connectivity index (χ4n) is 0.845. The number of unbranched alkanes of at least 4 members (excludes halogenated alkanes) is 3. The minimum atomic E-state index is -0.0765. The molecule has 0 aliphatic rings. The second-order valence-electron chi connectivity index (χ2n) is 2.92. The van der Waals surface area contributed by atoms with Crippen LogP contribution in [0.1, 0.15) is 39.5 Å². The van der Waals surface area contributed by atoms with Crippen LogP contribution in [-0.4, -0.2) is 6.04 Å². The molecule has 68 valence electrons. The van der Waals surface area contributed by atoms with Crippen LogP contribution in [0.5, 0.6) is 0 Å². The smallest absolute Gasteiger partial charge is 0.111 e. The molecule has 0 aromatic heterocycles. The Morgan fingerprint density at radius 1 is 1.50 bits per heavy atom. The van der Waals surface area contributed by atoms with Crippen molar-refractivity contribution in [2.24, 2.45) is 0 Å². The molecule has 0 aliphatic heterocycles. The molecule has 0 aromatic rings. The first kappa shape index (κ1) is 11.0. The molecule has 0 rings (SSSR count). The summed E-state index contributed by atoms with van der Waals surface area (Å²) in [6, 6.07) is 2.03. The van der Waals surface area contributed by atoms with E-state index in [9.17, 15) is 0 Å². The van der Waals surface area contributed by atoms with Gasteiger partial charge < -0.3 is 5.32 Å². The Kier molecular flexibility index (Phi) is 7.47. The lowest BCUT2D eigenvalue weighted by Crippen LogP contribution is -2.17. The first-order valence-electron chi connectivity index (χ1n) is 4.62. The Morgan fingerprint density at radius 2 is 2.25 bits per heavy atom. The number of hydrogen-bond acceptors (Lipinski definition) is 2. The maximum atomic E-state index is 8.43. The third-order valence-electron chi connectivity index (χ3n) is 1.63. The molecule has 1 atom stereocenters. The van der Waals surface area contributed by atoms with Crippen molar-refractivity contribution in [2.45, 2.75) is 45.6 Å². The van der Waals surface area contributed by atoms with Crippen molar-refractivity contribution in [1.82, 2.24) is 5.32 Å². The summed E-state index contributed by atoms with van der Waals surface area (Å²) in [6.07, 6.45) is 8.87. The van der Waals surface area contributed by atoms with Gasteiger partial charge in [0.1, 0.15) is 6.04 Å². The molecule has 2 heteroatoms. The largest absolute Gasteiger partial charge is 0.376 e. The van der Waals surface area contributed by atoms with Crippen molar-refractivity contribution in [3.63, 3.8) is 0 Å². The van der Waals surface area contributed by atoms with E-state index in [4.69, 9.17) is 5.26 Å². The average molecular weight is 166 g/mol. The van der Waals surface area contributed by atoms with Crippen molar-refractivity contribution in [1.29, 1.82) is 5.26 Å². The normalized spacial score (nSPS) is 12.8. The van der Waals surface area contributed by atoms with Crippen LogP contribution >= 0.6 is 0 Å². The first-order valence-corrected chi connectivity index (χ1v) is 4.62. The van der Waals surface area contributed by atoms with Gasteiger partial charge in [0.25, 0.3) is 0 Å². The molecule has 0 aromatic carbocycles. The number of rotatable bonds is 6. The number of hydrogen-bond donors (Lipinski definition) is 1. The molecular weight excluding hydrogens is 148 g/mol. The van der Waals surface area contributed by atoms with Gasteiger partial charge in [-0.05, 0) is 26.0 Å². The Balaban J connectivity index is 3.21. The molecule has 0 saturated heterocycles. The van der Waals surface area contributed by atoms with Gasteiger partial charge in [-0.3, -0.25) is 0 Å². The molecule has 0 radical (unpaired) electrons. The lowest BCUT2D eigenvalue weighted by atomic mass is 10.2. The molecule has 1 unspecified atom stereocenters. The molecule has 12 heavy (non-hydrogen) atoms. The number of allylic oxidation sites excluding steroid dienone is 1. The quantitative estimate of drug-likeness (QED) is 0.615. The van der Waals surface area contributed by atoms with E-state index in [-0.39, 0.29) is 6.04 Å². The van der Waals surface area contributed by atoms with E-state index >= 15 is 0 Å². The van der Waals surface area contributed by atoms with Crippen molar-refractivity contribution >= 4 is 0 Å². The Morgan fingerprint density at radius 3 is 2.83 bits per heavy atom. The Labute approximate surface area is 75.3 Å². The molecule has 0 bridgehead atoms. The van der Waals surface area contributed by atoms with Crippen molar-refractivity contribution < 1.29 is 0 Å². The van der Waals surface area contributed by atoms with Gasteiger partial charge >= 0.3 is 0 Å². The molecule has 0 heterocycles. The topological polar surface area (TPSA) is 35.8 Å². The fraction of sp³-hybridized carbons (Fsp3) is 0.700. The van der Waals surface area contributed by atoms with Crippen LogP contribution in [0.2, 0.25) is 0 Å². The van der Waals surface area contributed by atoms with E-state index in [1.165, 1.54) is 19.3 Å². The van der Waals surface area contributed by atoms with Gasteiger partial charge in [-0.15, -0.1) is 0 Å². The zero-order valence-electron chi connectivity index (χ0n) is 8.01. The van der Waals surface area contributed by atoms with Crippen LogP contribution in [0.3, 0.4) is 0 Å². The van der Waals surface area contributed by atoms with Crippen LogP contribution in [0, 0.1) is 11.3 Å². The fourth-order valence-corrected chi connectivity index (χ4v) is 0.845. The molecular formula is C10H18N2. The highest BCUT2D eigenvalue weighted by Gasteiger charge is 1.89. The lowest BCUT2D eigenvalue weighted by molar-refractivity contribution is 0.721. The zero-order chi connectivity index (χ0) is 9.23. The second kappa shape index (κ2) is 8.13. The van der Waals surface area contributed by atoms with Gasteiger partial charge in [-0.2, -0.15) is 5.26 Å². The van der Waals surface area contributed by atoms with Crippen molar-refractivity contribution in [2.75, 3.05) is 0 Å². The highest BCUT2D eigenvalue weighted by molar-refractivity contribution is 4.91. The number of nitrogens with zero attached hydrogens (tertiary/aromatic N) is 1. The molecule has 2 nitrogen and oxygen atoms in total. The molecule has 0 amide bonds. The summed E-state index contributed by atoms with van der Waals surface area (Å²) in [4.78, 5) is 0.